The van der Waals surface area contributed by atoms with Gasteiger partial charge in [0, 0.05) is 0 Å². The highest BCUT2D eigenvalue weighted by Gasteiger charge is 2.44. The van der Waals surface area contributed by atoms with Crippen LogP contribution in [0.3, 0.4) is 0 Å². The summed E-state index contributed by atoms with van der Waals surface area (Å²) in [7, 11) is 0. The average Bonchev–Trinajstić information content (AvgIpc) is 2.01. The summed E-state index contributed by atoms with van der Waals surface area (Å²) in [5.41, 5.74) is 0. The highest BCUT2D eigenvalue weighted by atomic mass is 32.2. The molecule has 0 aromatic carbocycles. The van der Waals surface area contributed by atoms with Crippen LogP contribution >= 0.6 is 12.1 Å². The van der Waals surface area contributed by atoms with Gasteiger partial charge in [-0.3, -0.25) is 0 Å². The van der Waals surface area contributed by atoms with Gasteiger partial charge in [0.1, 0.15) is 12.1 Å². The van der Waals surface area contributed by atoms with Crippen LogP contribution in [0, 0.1) is 0 Å². The Kier molecular flexibility index (Phi) is 2.65. The predicted molar refractivity (Wildman–Crippen MR) is 36.7 cm³/mol. The Morgan fingerprint density at radius 2 is 1.36 bits per heavy atom. The van der Waals surface area contributed by atoms with Crippen LogP contribution < -0.4 is 4.72 Å². The maximum atomic E-state index is 11.8. The fourth-order valence-electron chi connectivity index (χ4n) is 0.469. The van der Waals surface area contributed by atoms with E-state index in [-0.39, 0.29) is 12.1 Å². The van der Waals surface area contributed by atoms with Crippen LogP contribution in [-0.4, -0.2) is 24.0 Å². The van der Waals surface area contributed by atoms with Gasteiger partial charge in [0.05, 0.1) is 0 Å². The maximum absolute atomic E-state index is 11.8. The van der Waals surface area contributed by atoms with Gasteiger partial charge in [-0.05, 0) is 0 Å². The molecule has 0 saturated carbocycles. The van der Waals surface area contributed by atoms with Crippen molar-refractivity contribution >= 4 is 23.8 Å². The zero-order chi connectivity index (χ0) is 11.0. The quantitative estimate of drug-likeness (QED) is 0.468. The minimum atomic E-state index is -5.00. The summed E-state index contributed by atoms with van der Waals surface area (Å²) in [6, 6.07) is 0. The lowest BCUT2D eigenvalue weighted by molar-refractivity contribution is -0.0640. The van der Waals surface area contributed by atoms with Crippen LogP contribution in [0.4, 0.5) is 26.3 Å². The number of hydrogen-bond acceptors (Lipinski definition) is 3. The average molecular weight is 236 g/mol. The van der Waals surface area contributed by atoms with Gasteiger partial charge in [0.25, 0.3) is 0 Å². The minimum Gasteiger partial charge on any atom is -0.199 e. The van der Waals surface area contributed by atoms with Gasteiger partial charge in [-0.1, -0.05) is 0 Å². The van der Waals surface area contributed by atoms with E-state index in [2.05, 4.69) is 14.1 Å². The molecular formula is C4F6N3S. The molecule has 1 heterocycles. The van der Waals surface area contributed by atoms with Crippen molar-refractivity contribution in [2.45, 2.75) is 12.4 Å². The van der Waals surface area contributed by atoms with Gasteiger partial charge < -0.3 is 0 Å². The first-order chi connectivity index (χ1) is 6.21. The van der Waals surface area contributed by atoms with E-state index in [0.29, 0.717) is 0 Å². The van der Waals surface area contributed by atoms with E-state index in [0.717, 1.165) is 0 Å². The number of hydrogen-bond donors (Lipinski definition) is 0. The second kappa shape index (κ2) is 3.33. The van der Waals surface area contributed by atoms with Crippen LogP contribution in [-0.2, 0) is 0 Å². The maximum Gasteiger partial charge on any atom is 0.452 e. The first kappa shape index (κ1) is 11.1. The second-order valence-electron chi connectivity index (χ2n) is 2.02. The van der Waals surface area contributed by atoms with Gasteiger partial charge in [0.2, 0.25) is 11.7 Å². The molecule has 79 valence electrons. The minimum absolute atomic E-state index is 0.193. The standard InChI is InChI=1S/C4F6N3S/c5-3(6,7)1-11-2(4(8,9)10)13-14-12-1. The molecule has 0 fully saturated rings. The van der Waals surface area contributed by atoms with Crippen molar-refractivity contribution in [2.24, 2.45) is 9.39 Å². The molecule has 0 aliphatic carbocycles. The largest absolute Gasteiger partial charge is 0.452 e. The molecule has 0 saturated heterocycles. The second-order valence-corrected chi connectivity index (χ2v) is 2.55. The fourth-order valence-corrected chi connectivity index (χ4v) is 0.953. The molecular weight excluding hydrogens is 236 g/mol. The molecule has 1 rings (SSSR count). The van der Waals surface area contributed by atoms with Crippen LogP contribution in [0.25, 0.3) is 0 Å². The smallest absolute Gasteiger partial charge is 0.199 e. The fraction of sp³-hybridized carbons (Fsp3) is 0.500. The van der Waals surface area contributed by atoms with E-state index < -0.39 is 24.0 Å². The zero-order valence-electron chi connectivity index (χ0n) is 6.02. The van der Waals surface area contributed by atoms with Crippen molar-refractivity contribution in [2.75, 3.05) is 0 Å². The third-order valence-corrected chi connectivity index (χ3v) is 1.48. The Morgan fingerprint density at radius 3 is 1.79 bits per heavy atom. The summed E-state index contributed by atoms with van der Waals surface area (Å²) in [4.78, 5) is 2.25. The van der Waals surface area contributed by atoms with E-state index in [1.807, 2.05) is 0 Å². The zero-order valence-corrected chi connectivity index (χ0v) is 6.83. The van der Waals surface area contributed by atoms with Crippen LogP contribution in [0.15, 0.2) is 9.39 Å². The van der Waals surface area contributed by atoms with E-state index >= 15 is 0 Å². The molecule has 0 spiro atoms. The predicted octanol–water partition coefficient (Wildman–Crippen LogP) is 2.09. The molecule has 0 N–H and O–H groups in total. The number of alkyl halides is 6. The number of nitrogens with zero attached hydrogens (tertiary/aromatic N) is 3. The molecule has 0 aromatic heterocycles. The number of aliphatic imine (C=N–C) groups is 1. The molecule has 0 atom stereocenters. The molecule has 1 radical (unpaired) electrons. The molecule has 0 amide bonds. The first-order valence-electron chi connectivity index (χ1n) is 2.89. The van der Waals surface area contributed by atoms with Crippen molar-refractivity contribution in [3.8, 4) is 0 Å². The Morgan fingerprint density at radius 1 is 0.857 bits per heavy atom. The highest BCUT2D eigenvalue weighted by molar-refractivity contribution is 7.96. The molecule has 0 bridgehead atoms. The molecule has 3 nitrogen and oxygen atoms in total. The topological polar surface area (TPSA) is 38.8 Å². The summed E-state index contributed by atoms with van der Waals surface area (Å²) in [5.74, 6) is -3.69. The van der Waals surface area contributed by atoms with Gasteiger partial charge in [0.15, 0.2) is 0 Å². The lowest BCUT2D eigenvalue weighted by Gasteiger charge is -2.13. The SMILES string of the molecule is FC(F)(F)C1=NC(C(F)(F)F)=NS[N]1. The lowest BCUT2D eigenvalue weighted by Crippen LogP contribution is -2.35. The Hall–Kier alpha value is -0.930. The van der Waals surface area contributed by atoms with E-state index in [1.165, 1.54) is 0 Å². The Balaban J connectivity index is 2.95. The van der Waals surface area contributed by atoms with Gasteiger partial charge >= 0.3 is 12.4 Å². The summed E-state index contributed by atoms with van der Waals surface area (Å²) in [6.45, 7) is 0. The number of halogens is 6. The van der Waals surface area contributed by atoms with E-state index in [1.54, 1.807) is 0 Å². The molecule has 1 aliphatic heterocycles. The van der Waals surface area contributed by atoms with Crippen LogP contribution in [0.1, 0.15) is 0 Å². The van der Waals surface area contributed by atoms with Crippen LogP contribution in [0.5, 0.6) is 0 Å². The summed E-state index contributed by atoms with van der Waals surface area (Å²) in [5, 5.41) is 0. The van der Waals surface area contributed by atoms with Crippen molar-refractivity contribution in [3.63, 3.8) is 0 Å². The summed E-state index contributed by atoms with van der Waals surface area (Å²) in [6.07, 6.45) is -10.0. The Bertz CT molecular complexity index is 288. The van der Waals surface area contributed by atoms with Gasteiger partial charge in [-0.15, -0.1) is 0 Å². The van der Waals surface area contributed by atoms with Gasteiger partial charge in [-0.2, -0.15) is 40.5 Å². The van der Waals surface area contributed by atoms with Crippen molar-refractivity contribution in [1.29, 1.82) is 0 Å². The monoisotopic (exact) mass is 236 g/mol. The van der Waals surface area contributed by atoms with Crippen molar-refractivity contribution < 1.29 is 26.3 Å². The normalized spacial score (nSPS) is 18.4. The van der Waals surface area contributed by atoms with E-state index in [4.69, 9.17) is 0 Å². The van der Waals surface area contributed by atoms with Crippen LogP contribution in [0.2, 0.25) is 0 Å². The van der Waals surface area contributed by atoms with Gasteiger partial charge in [-0.25, -0.2) is 0 Å². The van der Waals surface area contributed by atoms with Crippen molar-refractivity contribution in [1.82, 2.24) is 4.72 Å². The third kappa shape index (κ3) is 2.53. The lowest BCUT2D eigenvalue weighted by atomic mass is 10.5. The molecule has 14 heavy (non-hydrogen) atoms. The van der Waals surface area contributed by atoms with E-state index in [9.17, 15) is 26.3 Å². The first-order valence-corrected chi connectivity index (χ1v) is 3.62. The molecule has 1 aliphatic rings. The molecule has 0 unspecified atom stereocenters. The molecule has 0 aromatic rings. The summed E-state index contributed by atoms with van der Waals surface area (Å²) >= 11 is -0.193. The summed E-state index contributed by atoms with van der Waals surface area (Å²) < 4.78 is 76.3. The number of amidine groups is 2. The van der Waals surface area contributed by atoms with Crippen molar-refractivity contribution in [3.05, 3.63) is 0 Å². The third-order valence-electron chi connectivity index (χ3n) is 0.973. The highest BCUT2D eigenvalue weighted by Crippen LogP contribution is 2.27. The molecule has 10 heteroatoms. The Labute approximate surface area is 77.6 Å². The number of rotatable bonds is 0.